The van der Waals surface area contributed by atoms with Crippen LogP contribution in [-0.2, 0) is 14.8 Å². The standard InChI is InChI=1S/C24H26N2O3S/c1-17-10-11-21(16-18(17)2)30(28,29)26-14-12-20(13-15-26)24(27)25-23-9-5-7-19-6-3-4-8-22(19)23/h3-11,16,20H,12-15H2,1-2H3,(H,25,27). The summed E-state index contributed by atoms with van der Waals surface area (Å²) in [6.45, 7) is 4.58. The average molecular weight is 423 g/mol. The summed E-state index contributed by atoms with van der Waals surface area (Å²) in [7, 11) is -3.54. The Morgan fingerprint density at radius 1 is 0.933 bits per heavy atom. The quantitative estimate of drug-likeness (QED) is 0.673. The SMILES string of the molecule is Cc1ccc(S(=O)(=O)N2CCC(C(=O)Nc3cccc4ccccc34)CC2)cc1C. The lowest BCUT2D eigenvalue weighted by molar-refractivity contribution is -0.120. The van der Waals surface area contributed by atoms with Crippen molar-refractivity contribution >= 4 is 32.4 Å². The number of hydrogen-bond donors (Lipinski definition) is 1. The van der Waals surface area contributed by atoms with Crippen LogP contribution in [0, 0.1) is 19.8 Å². The molecule has 1 saturated heterocycles. The lowest BCUT2D eigenvalue weighted by Gasteiger charge is -2.30. The van der Waals surface area contributed by atoms with Crippen LogP contribution in [0.2, 0.25) is 0 Å². The second-order valence-electron chi connectivity index (χ2n) is 7.94. The van der Waals surface area contributed by atoms with E-state index in [4.69, 9.17) is 0 Å². The smallest absolute Gasteiger partial charge is 0.243 e. The largest absolute Gasteiger partial charge is 0.325 e. The highest BCUT2D eigenvalue weighted by Crippen LogP contribution is 2.28. The van der Waals surface area contributed by atoms with Crippen molar-refractivity contribution in [1.82, 2.24) is 4.31 Å². The lowest BCUT2D eigenvalue weighted by atomic mass is 9.97. The number of benzene rings is 3. The van der Waals surface area contributed by atoms with E-state index in [0.717, 1.165) is 27.6 Å². The molecule has 1 amide bonds. The number of amides is 1. The number of fused-ring (bicyclic) bond motifs is 1. The van der Waals surface area contributed by atoms with Gasteiger partial charge in [0.05, 0.1) is 4.90 Å². The van der Waals surface area contributed by atoms with Gasteiger partial charge in [-0.25, -0.2) is 8.42 Å². The molecule has 1 aliphatic rings. The van der Waals surface area contributed by atoms with Gasteiger partial charge in [0.25, 0.3) is 0 Å². The molecule has 0 aliphatic carbocycles. The molecule has 0 radical (unpaired) electrons. The van der Waals surface area contributed by atoms with E-state index in [0.29, 0.717) is 30.8 Å². The average Bonchev–Trinajstić information content (AvgIpc) is 2.76. The molecule has 0 spiro atoms. The lowest BCUT2D eigenvalue weighted by Crippen LogP contribution is -2.41. The van der Waals surface area contributed by atoms with Crippen LogP contribution in [0.25, 0.3) is 10.8 Å². The van der Waals surface area contributed by atoms with Crippen LogP contribution < -0.4 is 5.32 Å². The summed E-state index contributed by atoms with van der Waals surface area (Å²) in [5.74, 6) is -0.246. The first-order valence-corrected chi connectivity index (χ1v) is 11.7. The Hall–Kier alpha value is -2.70. The number of hydrogen-bond acceptors (Lipinski definition) is 3. The molecule has 0 aromatic heterocycles. The predicted octanol–water partition coefficient (Wildman–Crippen LogP) is 4.50. The Labute approximate surface area is 177 Å². The maximum Gasteiger partial charge on any atom is 0.243 e. The number of anilines is 1. The fourth-order valence-electron chi connectivity index (χ4n) is 3.95. The fourth-order valence-corrected chi connectivity index (χ4v) is 5.51. The monoisotopic (exact) mass is 422 g/mol. The van der Waals surface area contributed by atoms with Gasteiger partial charge >= 0.3 is 0 Å². The van der Waals surface area contributed by atoms with Crippen molar-refractivity contribution in [3.63, 3.8) is 0 Å². The van der Waals surface area contributed by atoms with E-state index >= 15 is 0 Å². The Kier molecular flexibility index (Phi) is 5.62. The van der Waals surface area contributed by atoms with Gasteiger partial charge in [0.15, 0.2) is 0 Å². The summed E-state index contributed by atoms with van der Waals surface area (Å²) in [6, 6.07) is 19.0. The molecule has 1 aliphatic heterocycles. The number of sulfonamides is 1. The second kappa shape index (κ2) is 8.20. The molecule has 30 heavy (non-hydrogen) atoms. The topological polar surface area (TPSA) is 66.5 Å². The van der Waals surface area contributed by atoms with Crippen LogP contribution in [-0.4, -0.2) is 31.7 Å². The Morgan fingerprint density at radius 3 is 2.37 bits per heavy atom. The van der Waals surface area contributed by atoms with Gasteiger partial charge in [-0.2, -0.15) is 4.31 Å². The maximum absolute atomic E-state index is 13.0. The zero-order valence-electron chi connectivity index (χ0n) is 17.3. The molecule has 1 heterocycles. The van der Waals surface area contributed by atoms with Crippen LogP contribution >= 0.6 is 0 Å². The zero-order chi connectivity index (χ0) is 21.3. The summed E-state index contributed by atoms with van der Waals surface area (Å²) < 4.78 is 27.5. The van der Waals surface area contributed by atoms with Crippen molar-refractivity contribution in [2.45, 2.75) is 31.6 Å². The highest BCUT2D eigenvalue weighted by molar-refractivity contribution is 7.89. The third-order valence-electron chi connectivity index (χ3n) is 5.99. The van der Waals surface area contributed by atoms with Crippen molar-refractivity contribution in [3.05, 3.63) is 71.8 Å². The number of nitrogens with zero attached hydrogens (tertiary/aromatic N) is 1. The molecule has 3 aromatic rings. The van der Waals surface area contributed by atoms with Gasteiger partial charge < -0.3 is 5.32 Å². The molecule has 6 heteroatoms. The van der Waals surface area contributed by atoms with Crippen molar-refractivity contribution in [2.75, 3.05) is 18.4 Å². The third-order valence-corrected chi connectivity index (χ3v) is 7.88. The third kappa shape index (κ3) is 3.98. The number of rotatable bonds is 4. The Bertz CT molecular complexity index is 1190. The Balaban J connectivity index is 1.43. The van der Waals surface area contributed by atoms with Crippen LogP contribution in [0.4, 0.5) is 5.69 Å². The number of carbonyl (C=O) groups excluding carboxylic acids is 1. The van der Waals surface area contributed by atoms with E-state index < -0.39 is 10.0 Å². The van der Waals surface area contributed by atoms with Crippen molar-refractivity contribution in [1.29, 1.82) is 0 Å². The number of piperidine rings is 1. The van der Waals surface area contributed by atoms with Crippen molar-refractivity contribution in [2.24, 2.45) is 5.92 Å². The fraction of sp³-hybridized carbons (Fsp3) is 0.292. The molecule has 0 atom stereocenters. The molecule has 156 valence electrons. The minimum absolute atomic E-state index is 0.0467. The zero-order valence-corrected chi connectivity index (χ0v) is 18.1. The van der Waals surface area contributed by atoms with Gasteiger partial charge in [-0.1, -0.05) is 42.5 Å². The summed E-state index contributed by atoms with van der Waals surface area (Å²) >= 11 is 0. The molecule has 4 rings (SSSR count). The molecular formula is C24H26N2O3S. The highest BCUT2D eigenvalue weighted by atomic mass is 32.2. The first-order valence-electron chi connectivity index (χ1n) is 10.2. The molecule has 0 bridgehead atoms. The van der Waals surface area contributed by atoms with Gasteiger partial charge in [0, 0.05) is 30.1 Å². The molecule has 1 fully saturated rings. The number of aryl methyl sites for hydroxylation is 2. The van der Waals surface area contributed by atoms with Crippen molar-refractivity contribution < 1.29 is 13.2 Å². The van der Waals surface area contributed by atoms with Gasteiger partial charge in [-0.15, -0.1) is 0 Å². The van der Waals surface area contributed by atoms with Gasteiger partial charge in [0.2, 0.25) is 15.9 Å². The van der Waals surface area contributed by atoms with E-state index in [1.807, 2.05) is 62.4 Å². The van der Waals surface area contributed by atoms with Crippen LogP contribution in [0.15, 0.2) is 65.6 Å². The summed E-state index contributed by atoms with van der Waals surface area (Å²) in [4.78, 5) is 13.2. The molecule has 0 saturated carbocycles. The minimum atomic E-state index is -3.54. The molecular weight excluding hydrogens is 396 g/mol. The second-order valence-corrected chi connectivity index (χ2v) is 9.88. The molecule has 1 N–H and O–H groups in total. The number of carbonyl (C=O) groups is 1. The molecule has 0 unspecified atom stereocenters. The summed E-state index contributed by atoms with van der Waals surface area (Å²) in [5.41, 5.74) is 2.82. The van der Waals surface area contributed by atoms with Crippen LogP contribution in [0.3, 0.4) is 0 Å². The van der Waals surface area contributed by atoms with E-state index in [1.165, 1.54) is 4.31 Å². The van der Waals surface area contributed by atoms with E-state index in [1.54, 1.807) is 12.1 Å². The van der Waals surface area contributed by atoms with Gasteiger partial charge in [-0.05, 0) is 61.4 Å². The number of nitrogens with one attached hydrogen (secondary N) is 1. The maximum atomic E-state index is 13.0. The summed E-state index contributed by atoms with van der Waals surface area (Å²) in [5, 5.41) is 5.12. The molecule has 5 nitrogen and oxygen atoms in total. The summed E-state index contributed by atoms with van der Waals surface area (Å²) in [6.07, 6.45) is 1.03. The minimum Gasteiger partial charge on any atom is -0.325 e. The van der Waals surface area contributed by atoms with E-state index in [9.17, 15) is 13.2 Å². The normalized spacial score (nSPS) is 15.9. The van der Waals surface area contributed by atoms with Gasteiger partial charge in [-0.3, -0.25) is 4.79 Å². The molecule has 3 aromatic carbocycles. The highest BCUT2D eigenvalue weighted by Gasteiger charge is 2.32. The van der Waals surface area contributed by atoms with Crippen molar-refractivity contribution in [3.8, 4) is 0 Å². The van der Waals surface area contributed by atoms with Gasteiger partial charge in [0.1, 0.15) is 0 Å². The Morgan fingerprint density at radius 2 is 1.63 bits per heavy atom. The van der Waals surface area contributed by atoms with Crippen LogP contribution in [0.5, 0.6) is 0 Å². The first kappa shape index (κ1) is 20.6. The first-order chi connectivity index (χ1) is 14.4. The van der Waals surface area contributed by atoms with E-state index in [-0.39, 0.29) is 11.8 Å². The van der Waals surface area contributed by atoms with Crippen LogP contribution in [0.1, 0.15) is 24.0 Å². The van der Waals surface area contributed by atoms with E-state index in [2.05, 4.69) is 5.32 Å². The predicted molar refractivity (Wildman–Crippen MR) is 120 cm³/mol.